The summed E-state index contributed by atoms with van der Waals surface area (Å²) in [6, 6.07) is 20.2. The van der Waals surface area contributed by atoms with E-state index in [0.717, 1.165) is 16.7 Å². The van der Waals surface area contributed by atoms with Gasteiger partial charge in [0.15, 0.2) is 0 Å². The van der Waals surface area contributed by atoms with Crippen LogP contribution in [0.25, 0.3) is 0 Å². The Hall–Kier alpha value is -2.59. The fraction of sp³-hybridized carbons (Fsp3) is 0.200. The summed E-state index contributed by atoms with van der Waals surface area (Å²) in [6.45, 7) is 4.10. The third kappa shape index (κ3) is 3.91. The number of benzene rings is 2. The SMILES string of the molecule is CC(Nc1nc(N)c(C(C)c2ccccc2)c(Cl)n1)c1ccccc1. The highest BCUT2D eigenvalue weighted by molar-refractivity contribution is 6.30. The molecule has 3 aromatic rings. The third-order valence-electron chi connectivity index (χ3n) is 4.31. The van der Waals surface area contributed by atoms with Crippen molar-refractivity contribution in [3.63, 3.8) is 0 Å². The van der Waals surface area contributed by atoms with Gasteiger partial charge in [-0.15, -0.1) is 0 Å². The fourth-order valence-corrected chi connectivity index (χ4v) is 3.19. The highest BCUT2D eigenvalue weighted by Crippen LogP contribution is 2.33. The number of nitrogen functional groups attached to an aromatic ring is 1. The van der Waals surface area contributed by atoms with Gasteiger partial charge in [0.05, 0.1) is 6.04 Å². The zero-order valence-electron chi connectivity index (χ0n) is 14.3. The molecule has 25 heavy (non-hydrogen) atoms. The molecular weight excluding hydrogens is 332 g/mol. The first kappa shape index (κ1) is 17.2. The van der Waals surface area contributed by atoms with E-state index in [-0.39, 0.29) is 12.0 Å². The van der Waals surface area contributed by atoms with Gasteiger partial charge in [-0.2, -0.15) is 4.98 Å². The second kappa shape index (κ2) is 7.53. The number of nitrogens with zero attached hydrogens (tertiary/aromatic N) is 2. The Balaban J connectivity index is 1.85. The Morgan fingerprint density at radius 1 is 0.880 bits per heavy atom. The number of nitrogens with two attached hydrogens (primary N) is 1. The largest absolute Gasteiger partial charge is 0.383 e. The molecule has 0 bridgehead atoms. The fourth-order valence-electron chi connectivity index (χ4n) is 2.85. The molecule has 1 heterocycles. The minimum absolute atomic E-state index is 0.0225. The molecule has 3 N–H and O–H groups in total. The van der Waals surface area contributed by atoms with Crippen molar-refractivity contribution in [2.45, 2.75) is 25.8 Å². The second-order valence-corrected chi connectivity index (χ2v) is 6.40. The summed E-state index contributed by atoms with van der Waals surface area (Å²) in [5.41, 5.74) is 9.22. The van der Waals surface area contributed by atoms with E-state index < -0.39 is 0 Å². The van der Waals surface area contributed by atoms with E-state index in [2.05, 4.69) is 34.3 Å². The van der Waals surface area contributed by atoms with Crippen LogP contribution in [0, 0.1) is 0 Å². The van der Waals surface area contributed by atoms with Crippen molar-refractivity contribution in [3.05, 3.63) is 82.5 Å². The number of aromatic nitrogens is 2. The van der Waals surface area contributed by atoms with Gasteiger partial charge >= 0.3 is 0 Å². The van der Waals surface area contributed by atoms with Crippen LogP contribution in [0.4, 0.5) is 11.8 Å². The molecule has 2 aromatic carbocycles. The predicted molar refractivity (Wildman–Crippen MR) is 104 cm³/mol. The topological polar surface area (TPSA) is 63.8 Å². The van der Waals surface area contributed by atoms with Crippen LogP contribution in [0.2, 0.25) is 5.15 Å². The molecule has 0 fully saturated rings. The molecule has 0 aliphatic rings. The number of nitrogens with one attached hydrogen (secondary N) is 1. The first-order valence-corrected chi connectivity index (χ1v) is 8.63. The van der Waals surface area contributed by atoms with Gasteiger partial charge in [-0.3, -0.25) is 0 Å². The average molecular weight is 353 g/mol. The molecule has 0 amide bonds. The lowest BCUT2D eigenvalue weighted by molar-refractivity contribution is 0.850. The molecule has 4 nitrogen and oxygen atoms in total. The van der Waals surface area contributed by atoms with Crippen LogP contribution < -0.4 is 11.1 Å². The third-order valence-corrected chi connectivity index (χ3v) is 4.59. The predicted octanol–water partition coefficient (Wildman–Crippen LogP) is 5.04. The number of anilines is 2. The minimum atomic E-state index is 0.0225. The number of hydrogen-bond donors (Lipinski definition) is 2. The maximum Gasteiger partial charge on any atom is 0.226 e. The average Bonchev–Trinajstić information content (AvgIpc) is 2.62. The van der Waals surface area contributed by atoms with E-state index in [9.17, 15) is 0 Å². The van der Waals surface area contributed by atoms with Gasteiger partial charge in [-0.05, 0) is 18.1 Å². The summed E-state index contributed by atoms with van der Waals surface area (Å²) < 4.78 is 0. The second-order valence-electron chi connectivity index (χ2n) is 6.05. The van der Waals surface area contributed by atoms with Gasteiger partial charge in [0.2, 0.25) is 5.95 Å². The van der Waals surface area contributed by atoms with Crippen molar-refractivity contribution in [2.24, 2.45) is 0 Å². The van der Waals surface area contributed by atoms with Gasteiger partial charge in [-0.1, -0.05) is 79.2 Å². The number of hydrogen-bond acceptors (Lipinski definition) is 4. The van der Waals surface area contributed by atoms with Crippen molar-refractivity contribution in [2.75, 3.05) is 11.1 Å². The molecule has 5 heteroatoms. The Kier molecular flexibility index (Phi) is 5.19. The van der Waals surface area contributed by atoms with Crippen LogP contribution in [-0.4, -0.2) is 9.97 Å². The van der Waals surface area contributed by atoms with E-state index in [1.165, 1.54) is 0 Å². The number of halogens is 1. The monoisotopic (exact) mass is 352 g/mol. The highest BCUT2D eigenvalue weighted by atomic mass is 35.5. The Morgan fingerprint density at radius 2 is 1.44 bits per heavy atom. The highest BCUT2D eigenvalue weighted by Gasteiger charge is 2.19. The summed E-state index contributed by atoms with van der Waals surface area (Å²) in [5.74, 6) is 0.858. The Morgan fingerprint density at radius 3 is 2.00 bits per heavy atom. The molecule has 0 saturated carbocycles. The summed E-state index contributed by atoms with van der Waals surface area (Å²) in [7, 11) is 0. The molecule has 3 rings (SSSR count). The maximum absolute atomic E-state index is 6.44. The van der Waals surface area contributed by atoms with Crippen LogP contribution >= 0.6 is 11.6 Å². The Bertz CT molecular complexity index is 814. The minimum Gasteiger partial charge on any atom is -0.383 e. The number of rotatable bonds is 5. The molecular formula is C20H21ClN4. The normalized spacial score (nSPS) is 13.2. The van der Waals surface area contributed by atoms with Crippen molar-refractivity contribution in [3.8, 4) is 0 Å². The van der Waals surface area contributed by atoms with Crippen molar-refractivity contribution in [1.29, 1.82) is 0 Å². The van der Waals surface area contributed by atoms with Crippen LogP contribution in [0.1, 0.15) is 42.5 Å². The van der Waals surface area contributed by atoms with Crippen LogP contribution in [0.3, 0.4) is 0 Å². The molecule has 1 aromatic heterocycles. The maximum atomic E-state index is 6.44. The van der Waals surface area contributed by atoms with Gasteiger partial charge in [0.25, 0.3) is 0 Å². The summed E-state index contributed by atoms with van der Waals surface area (Å²) >= 11 is 6.44. The molecule has 0 spiro atoms. The first-order chi connectivity index (χ1) is 12.1. The standard InChI is InChI=1S/C20H21ClN4/c1-13(15-9-5-3-6-10-15)17-18(21)24-20(25-19(17)22)23-14(2)16-11-7-4-8-12-16/h3-14H,1-2H3,(H3,22,23,24,25). The molecule has 2 atom stereocenters. The zero-order valence-corrected chi connectivity index (χ0v) is 15.0. The van der Waals surface area contributed by atoms with Crippen molar-refractivity contribution in [1.82, 2.24) is 9.97 Å². The van der Waals surface area contributed by atoms with Crippen LogP contribution in [0.5, 0.6) is 0 Å². The van der Waals surface area contributed by atoms with Gasteiger partial charge < -0.3 is 11.1 Å². The zero-order chi connectivity index (χ0) is 17.8. The van der Waals surface area contributed by atoms with Crippen LogP contribution in [0.15, 0.2) is 60.7 Å². The van der Waals surface area contributed by atoms with E-state index in [0.29, 0.717) is 16.9 Å². The molecule has 0 aliphatic carbocycles. The summed E-state index contributed by atoms with van der Waals surface area (Å²) in [5, 5.41) is 3.64. The van der Waals surface area contributed by atoms with E-state index >= 15 is 0 Å². The van der Waals surface area contributed by atoms with Crippen LogP contribution in [-0.2, 0) is 0 Å². The lowest BCUT2D eigenvalue weighted by atomic mass is 9.94. The lowest BCUT2D eigenvalue weighted by Crippen LogP contribution is -2.13. The quantitative estimate of drug-likeness (QED) is 0.631. The van der Waals surface area contributed by atoms with Crippen molar-refractivity contribution >= 4 is 23.4 Å². The molecule has 128 valence electrons. The molecule has 0 saturated heterocycles. The van der Waals surface area contributed by atoms with E-state index in [4.69, 9.17) is 17.3 Å². The van der Waals surface area contributed by atoms with Gasteiger partial charge in [-0.25, -0.2) is 4.98 Å². The van der Waals surface area contributed by atoms with E-state index in [1.807, 2.05) is 55.5 Å². The first-order valence-electron chi connectivity index (χ1n) is 8.25. The van der Waals surface area contributed by atoms with Gasteiger partial charge in [0, 0.05) is 11.5 Å². The lowest BCUT2D eigenvalue weighted by Gasteiger charge is -2.18. The smallest absolute Gasteiger partial charge is 0.226 e. The van der Waals surface area contributed by atoms with Crippen molar-refractivity contribution < 1.29 is 0 Å². The molecule has 2 unspecified atom stereocenters. The summed E-state index contributed by atoms with van der Waals surface area (Å²) in [6.07, 6.45) is 0. The molecule has 0 radical (unpaired) electrons. The summed E-state index contributed by atoms with van der Waals surface area (Å²) in [4.78, 5) is 8.83. The molecule has 0 aliphatic heterocycles. The van der Waals surface area contributed by atoms with E-state index in [1.54, 1.807) is 0 Å². The van der Waals surface area contributed by atoms with Gasteiger partial charge in [0.1, 0.15) is 11.0 Å². The Labute approximate surface area is 153 Å².